The van der Waals surface area contributed by atoms with Gasteiger partial charge in [0.1, 0.15) is 11.6 Å². The predicted molar refractivity (Wildman–Crippen MR) is 153 cm³/mol. The number of ether oxygens (including phenoxy) is 2. The van der Waals surface area contributed by atoms with Crippen molar-refractivity contribution in [3.05, 3.63) is 35.9 Å². The molecule has 2 bridgehead atoms. The van der Waals surface area contributed by atoms with Crippen molar-refractivity contribution in [2.24, 2.45) is 17.8 Å². The zero-order valence-electron chi connectivity index (χ0n) is 24.6. The molecule has 4 aliphatic heterocycles. The molecule has 226 valence electrons. The van der Waals surface area contributed by atoms with E-state index in [9.17, 15) is 19.5 Å². The summed E-state index contributed by atoms with van der Waals surface area (Å²) in [7, 11) is 0. The lowest BCUT2D eigenvalue weighted by atomic mass is 9.65. The van der Waals surface area contributed by atoms with Gasteiger partial charge in [-0.25, -0.2) is 0 Å². The van der Waals surface area contributed by atoms with Gasteiger partial charge in [-0.05, 0) is 30.7 Å². The van der Waals surface area contributed by atoms with E-state index >= 15 is 0 Å². The maximum atomic E-state index is 14.4. The molecule has 7 atom stereocenters. The zero-order chi connectivity index (χ0) is 29.2. The van der Waals surface area contributed by atoms with Crippen LogP contribution < -0.4 is 10.6 Å². The van der Waals surface area contributed by atoms with Crippen molar-refractivity contribution < 1.29 is 29.0 Å². The second-order valence-corrected chi connectivity index (χ2v) is 12.2. The van der Waals surface area contributed by atoms with E-state index < -0.39 is 35.1 Å². The molecule has 4 heterocycles. The highest BCUT2D eigenvalue weighted by molar-refractivity contribution is 5.99. The topological polar surface area (TPSA) is 120 Å². The van der Waals surface area contributed by atoms with E-state index in [2.05, 4.69) is 15.5 Å². The number of carbonyl (C=O) groups excluding carboxylic acids is 3. The Labute approximate surface area is 243 Å². The van der Waals surface area contributed by atoms with Gasteiger partial charge in [0.25, 0.3) is 0 Å². The molecule has 0 radical (unpaired) electrons. The summed E-state index contributed by atoms with van der Waals surface area (Å²) in [5.41, 5.74) is -0.935. The quantitative estimate of drug-likeness (QED) is 0.347. The average Bonchev–Trinajstić information content (AvgIpc) is 3.61. The van der Waals surface area contributed by atoms with E-state index in [0.717, 1.165) is 25.1 Å². The minimum Gasteiger partial charge on any atom is -0.394 e. The highest BCUT2D eigenvalue weighted by Crippen LogP contribution is 2.64. The normalized spacial score (nSPS) is 32.5. The lowest BCUT2D eigenvalue weighted by molar-refractivity contribution is -0.152. The number of aliphatic hydroxyl groups excluding tert-OH is 1. The molecule has 41 heavy (non-hydrogen) atoms. The third-order valence-corrected chi connectivity index (χ3v) is 10.1. The monoisotopic (exact) mass is 570 g/mol. The molecule has 0 saturated carbocycles. The fourth-order valence-electron chi connectivity index (χ4n) is 7.68. The molecule has 4 aliphatic rings. The van der Waals surface area contributed by atoms with Crippen LogP contribution >= 0.6 is 0 Å². The summed E-state index contributed by atoms with van der Waals surface area (Å²) in [5.74, 6) is -2.26. The fraction of sp³-hybridized carbons (Fsp3) is 0.710. The summed E-state index contributed by atoms with van der Waals surface area (Å²) in [5, 5.41) is 16.7. The Balaban J connectivity index is 1.43. The second-order valence-electron chi connectivity index (χ2n) is 12.2. The summed E-state index contributed by atoms with van der Waals surface area (Å²) in [6, 6.07) is 8.23. The number of rotatable bonds is 12. The molecule has 3 N–H and O–H groups in total. The first kappa shape index (κ1) is 29.9. The van der Waals surface area contributed by atoms with E-state index in [4.69, 9.17) is 9.47 Å². The molecule has 4 saturated heterocycles. The maximum absolute atomic E-state index is 14.4. The van der Waals surface area contributed by atoms with Crippen LogP contribution in [0, 0.1) is 17.8 Å². The molecule has 2 unspecified atom stereocenters. The third-order valence-electron chi connectivity index (χ3n) is 10.1. The maximum Gasteiger partial charge on any atom is 0.245 e. The number of benzene rings is 1. The van der Waals surface area contributed by atoms with Gasteiger partial charge in [-0.1, -0.05) is 57.5 Å². The Bertz CT molecular complexity index is 1100. The fourth-order valence-corrected chi connectivity index (χ4v) is 7.68. The summed E-state index contributed by atoms with van der Waals surface area (Å²) < 4.78 is 12.3. The van der Waals surface area contributed by atoms with Crippen LogP contribution in [0.15, 0.2) is 30.3 Å². The van der Waals surface area contributed by atoms with Crippen molar-refractivity contribution in [3.8, 4) is 0 Å². The molecule has 10 heteroatoms. The standard InChI is InChI=1S/C31H46N4O6/c1-4-21(3)23(20-36)35-26(28(38)32-13-14-34-15-17-40-18-16-34)31-12-11-30(5-2,41-31)24(25(31)29(35)39)27(37)33-19-22-9-7-6-8-10-22/h6-10,21,23-26,36H,4-5,11-20H2,1-3H3,(H,32,38)(H,33,37)/t21-,23-,24+,25-,26?,30-,31?/m0/s1. The molecule has 1 spiro atoms. The molecule has 3 amide bonds. The van der Waals surface area contributed by atoms with Crippen molar-refractivity contribution in [3.63, 3.8) is 0 Å². The van der Waals surface area contributed by atoms with Gasteiger partial charge in [0.05, 0.1) is 43.3 Å². The van der Waals surface area contributed by atoms with Crippen LogP contribution in [0.2, 0.25) is 0 Å². The number of amides is 3. The lowest BCUT2D eigenvalue weighted by Crippen LogP contribution is -2.59. The molecule has 5 rings (SSSR count). The van der Waals surface area contributed by atoms with Crippen molar-refractivity contribution in [2.45, 2.75) is 76.3 Å². The summed E-state index contributed by atoms with van der Waals surface area (Å²) in [4.78, 5) is 46.2. The van der Waals surface area contributed by atoms with Gasteiger partial charge in [-0.2, -0.15) is 0 Å². The van der Waals surface area contributed by atoms with Gasteiger partial charge in [-0.3, -0.25) is 19.3 Å². The molecule has 1 aromatic carbocycles. The second kappa shape index (κ2) is 12.4. The molecule has 0 aliphatic carbocycles. The highest BCUT2D eigenvalue weighted by Gasteiger charge is 2.79. The minimum absolute atomic E-state index is 0.0366. The van der Waals surface area contributed by atoms with E-state index in [1.54, 1.807) is 4.90 Å². The molecular formula is C31H46N4O6. The Morgan fingerprint density at radius 1 is 1.10 bits per heavy atom. The number of likely N-dealkylation sites (tertiary alicyclic amines) is 1. The number of nitrogens with one attached hydrogen (secondary N) is 2. The van der Waals surface area contributed by atoms with Crippen molar-refractivity contribution in [2.75, 3.05) is 46.0 Å². The number of nitrogens with zero attached hydrogens (tertiary/aromatic N) is 2. The first-order valence-electron chi connectivity index (χ1n) is 15.3. The first-order chi connectivity index (χ1) is 19.8. The number of hydrogen-bond acceptors (Lipinski definition) is 7. The van der Waals surface area contributed by atoms with Crippen LogP contribution in [0.3, 0.4) is 0 Å². The molecule has 4 fully saturated rings. The van der Waals surface area contributed by atoms with E-state index in [0.29, 0.717) is 52.1 Å². The van der Waals surface area contributed by atoms with Gasteiger partial charge in [0.2, 0.25) is 17.7 Å². The first-order valence-corrected chi connectivity index (χ1v) is 15.3. The number of hydrogen-bond donors (Lipinski definition) is 3. The van der Waals surface area contributed by atoms with Gasteiger partial charge in [0, 0.05) is 32.7 Å². The van der Waals surface area contributed by atoms with Crippen molar-refractivity contribution >= 4 is 17.7 Å². The van der Waals surface area contributed by atoms with Gasteiger partial charge in [0.15, 0.2) is 0 Å². The molecular weight excluding hydrogens is 524 g/mol. The Morgan fingerprint density at radius 2 is 1.83 bits per heavy atom. The van der Waals surface area contributed by atoms with Crippen LogP contribution in [0.5, 0.6) is 0 Å². The number of carbonyl (C=O) groups is 3. The Morgan fingerprint density at radius 3 is 2.49 bits per heavy atom. The molecule has 1 aromatic rings. The lowest BCUT2D eigenvalue weighted by Gasteiger charge is -2.39. The van der Waals surface area contributed by atoms with Crippen molar-refractivity contribution in [1.29, 1.82) is 0 Å². The minimum atomic E-state index is -1.11. The average molecular weight is 571 g/mol. The van der Waals surface area contributed by atoms with Crippen LogP contribution in [0.25, 0.3) is 0 Å². The van der Waals surface area contributed by atoms with Gasteiger partial charge < -0.3 is 30.1 Å². The molecule has 0 aromatic heterocycles. The van der Waals surface area contributed by atoms with Crippen LogP contribution in [-0.4, -0.2) is 102 Å². The summed E-state index contributed by atoms with van der Waals surface area (Å²) in [6.45, 7) is 10.2. The SMILES string of the molecule is CC[C@H](C)[C@H](CO)N1C(=O)[C@@H]2[C@H](C(=O)NCc3ccccc3)[C@]3(CC)CCC2(O3)C1C(=O)NCCN1CCOCC1. The largest absolute Gasteiger partial charge is 0.394 e. The van der Waals surface area contributed by atoms with E-state index in [1.807, 2.05) is 51.1 Å². The summed E-state index contributed by atoms with van der Waals surface area (Å²) in [6.07, 6.45) is 2.44. The smallest absolute Gasteiger partial charge is 0.245 e. The van der Waals surface area contributed by atoms with Crippen LogP contribution in [0.1, 0.15) is 52.0 Å². The molecule has 10 nitrogen and oxygen atoms in total. The predicted octanol–water partition coefficient (Wildman–Crippen LogP) is 1.31. The van der Waals surface area contributed by atoms with Crippen LogP contribution in [0.4, 0.5) is 0 Å². The Hall–Kier alpha value is -2.53. The zero-order valence-corrected chi connectivity index (χ0v) is 24.6. The number of morpholine rings is 1. The van der Waals surface area contributed by atoms with Gasteiger partial charge >= 0.3 is 0 Å². The van der Waals surface area contributed by atoms with Gasteiger partial charge in [-0.15, -0.1) is 0 Å². The van der Waals surface area contributed by atoms with E-state index in [1.165, 1.54) is 0 Å². The third kappa shape index (κ3) is 5.28. The number of fused-ring (bicyclic) bond motifs is 1. The number of aliphatic hydroxyl groups is 1. The van der Waals surface area contributed by atoms with Crippen molar-refractivity contribution in [1.82, 2.24) is 20.4 Å². The highest BCUT2D eigenvalue weighted by atomic mass is 16.5. The summed E-state index contributed by atoms with van der Waals surface area (Å²) >= 11 is 0. The Kier molecular flexibility index (Phi) is 9.04. The van der Waals surface area contributed by atoms with E-state index in [-0.39, 0.29) is 30.2 Å². The van der Waals surface area contributed by atoms with Crippen LogP contribution in [-0.2, 0) is 30.4 Å².